The van der Waals surface area contributed by atoms with Crippen LogP contribution in [0.15, 0.2) is 61.1 Å². The number of nitrogens with zero attached hydrogens (tertiary/aromatic N) is 3. The minimum absolute atomic E-state index is 0.0201. The summed E-state index contributed by atoms with van der Waals surface area (Å²) < 4.78 is 48.7. The molecule has 3 aromatic heterocycles. The van der Waals surface area contributed by atoms with Crippen LogP contribution < -0.4 is 25.3 Å². The van der Waals surface area contributed by atoms with Crippen LogP contribution in [-0.2, 0) is 16.5 Å². The van der Waals surface area contributed by atoms with Gasteiger partial charge in [0.15, 0.2) is 11.5 Å². The van der Waals surface area contributed by atoms with Gasteiger partial charge in [-0.05, 0) is 47.7 Å². The van der Waals surface area contributed by atoms with Crippen LogP contribution >= 0.6 is 23.2 Å². The molecule has 0 bridgehead atoms. The van der Waals surface area contributed by atoms with E-state index in [1.54, 1.807) is 57.1 Å². The molecular formula is C30H29Cl2N5O6S. The summed E-state index contributed by atoms with van der Waals surface area (Å²) in [6.45, 7) is 0.175. The average Bonchev–Trinajstić information content (AvgIpc) is 3.00. The standard InChI is InChI=1S/C30H29Cl2N5O6S/c1-41-28-11-22-21-10-26(37-30(33)23(21)15-36-27(22)12-29(28)42-2)18-9-20(14-34-13-18)43-16-19(35-5-6-44(38,39)40)7-17-3-4-24(31)25(32)8-17/h3-4,8-15,19,35H,5-7,16H2,1-2H3,(H2,33,37)(H,38,39,40). The number of nitrogens with two attached hydrogens (primary N) is 1. The highest BCUT2D eigenvalue weighted by atomic mass is 35.5. The van der Waals surface area contributed by atoms with E-state index in [2.05, 4.69) is 20.3 Å². The Bertz CT molecular complexity index is 1940. The summed E-state index contributed by atoms with van der Waals surface area (Å²) in [5, 5.41) is 6.29. The zero-order valence-electron chi connectivity index (χ0n) is 23.8. The number of halogens is 2. The Balaban J connectivity index is 1.42. The summed E-state index contributed by atoms with van der Waals surface area (Å²) in [6.07, 6.45) is 5.36. The van der Waals surface area contributed by atoms with Crippen LogP contribution in [0.5, 0.6) is 17.2 Å². The lowest BCUT2D eigenvalue weighted by Crippen LogP contribution is -2.39. The molecule has 5 rings (SSSR count). The summed E-state index contributed by atoms with van der Waals surface area (Å²) >= 11 is 12.2. The Kier molecular flexibility index (Phi) is 9.56. The minimum atomic E-state index is -4.14. The normalized spacial score (nSPS) is 12.4. The molecule has 4 N–H and O–H groups in total. The predicted molar refractivity (Wildman–Crippen MR) is 172 cm³/mol. The summed E-state index contributed by atoms with van der Waals surface area (Å²) in [6, 6.07) is 12.3. The van der Waals surface area contributed by atoms with E-state index in [9.17, 15) is 8.42 Å². The fourth-order valence-electron chi connectivity index (χ4n) is 4.77. The van der Waals surface area contributed by atoms with Gasteiger partial charge < -0.3 is 25.3 Å². The molecule has 3 heterocycles. The molecule has 44 heavy (non-hydrogen) atoms. The Hall–Kier alpha value is -3.94. The summed E-state index contributed by atoms with van der Waals surface area (Å²) in [7, 11) is -0.998. The van der Waals surface area contributed by atoms with Crippen LogP contribution in [0.25, 0.3) is 32.9 Å². The molecule has 1 atom stereocenters. The molecular weight excluding hydrogens is 629 g/mol. The van der Waals surface area contributed by atoms with Crippen molar-refractivity contribution in [1.82, 2.24) is 20.3 Å². The van der Waals surface area contributed by atoms with E-state index in [4.69, 9.17) is 47.7 Å². The number of aromatic nitrogens is 3. The maximum atomic E-state index is 11.3. The first-order valence-electron chi connectivity index (χ1n) is 13.4. The fraction of sp³-hybridized carbons (Fsp3) is 0.233. The molecule has 0 aliphatic rings. The van der Waals surface area contributed by atoms with Crippen molar-refractivity contribution in [3.8, 4) is 28.5 Å². The van der Waals surface area contributed by atoms with E-state index in [1.165, 1.54) is 0 Å². The molecule has 0 fully saturated rings. The van der Waals surface area contributed by atoms with Gasteiger partial charge >= 0.3 is 0 Å². The third-order valence-electron chi connectivity index (χ3n) is 6.93. The van der Waals surface area contributed by atoms with Crippen LogP contribution in [0.1, 0.15) is 5.56 Å². The largest absolute Gasteiger partial charge is 0.493 e. The summed E-state index contributed by atoms with van der Waals surface area (Å²) in [5.41, 5.74) is 9.19. The average molecular weight is 659 g/mol. The maximum absolute atomic E-state index is 11.3. The van der Waals surface area contributed by atoms with Gasteiger partial charge in [-0.3, -0.25) is 14.5 Å². The van der Waals surface area contributed by atoms with Gasteiger partial charge in [0, 0.05) is 47.4 Å². The maximum Gasteiger partial charge on any atom is 0.266 e. The number of hydrogen-bond donors (Lipinski definition) is 3. The first-order valence-corrected chi connectivity index (χ1v) is 15.7. The van der Waals surface area contributed by atoms with Crippen molar-refractivity contribution in [3.63, 3.8) is 0 Å². The zero-order chi connectivity index (χ0) is 31.4. The second-order valence-corrected chi connectivity index (χ2v) is 12.3. The highest BCUT2D eigenvalue weighted by molar-refractivity contribution is 7.85. The van der Waals surface area contributed by atoms with E-state index >= 15 is 0 Å². The Morgan fingerprint density at radius 2 is 1.73 bits per heavy atom. The van der Waals surface area contributed by atoms with Gasteiger partial charge in [-0.2, -0.15) is 8.42 Å². The summed E-state index contributed by atoms with van der Waals surface area (Å²) in [5.74, 6) is 1.44. The molecule has 0 saturated heterocycles. The fourth-order valence-corrected chi connectivity index (χ4v) is 5.47. The number of methoxy groups -OCH3 is 2. The molecule has 1 unspecified atom stereocenters. The highest BCUT2D eigenvalue weighted by Crippen LogP contribution is 2.37. The lowest BCUT2D eigenvalue weighted by atomic mass is 10.0. The molecule has 230 valence electrons. The van der Waals surface area contributed by atoms with Gasteiger partial charge in [-0.25, -0.2) is 4.98 Å². The topological polar surface area (TPSA) is 159 Å². The lowest BCUT2D eigenvalue weighted by molar-refractivity contribution is 0.264. The van der Waals surface area contributed by atoms with Crippen molar-refractivity contribution < 1.29 is 27.2 Å². The molecule has 14 heteroatoms. The van der Waals surface area contributed by atoms with Crippen molar-refractivity contribution >= 4 is 60.8 Å². The van der Waals surface area contributed by atoms with Gasteiger partial charge in [-0.1, -0.05) is 29.3 Å². The van der Waals surface area contributed by atoms with Crippen molar-refractivity contribution in [2.75, 3.05) is 38.9 Å². The van der Waals surface area contributed by atoms with Crippen molar-refractivity contribution in [1.29, 1.82) is 0 Å². The smallest absolute Gasteiger partial charge is 0.266 e. The van der Waals surface area contributed by atoms with Crippen LogP contribution in [0.2, 0.25) is 10.0 Å². The number of fused-ring (bicyclic) bond motifs is 3. The predicted octanol–water partition coefficient (Wildman–Crippen LogP) is 5.22. The van der Waals surface area contributed by atoms with Gasteiger partial charge in [0.2, 0.25) is 0 Å². The lowest BCUT2D eigenvalue weighted by Gasteiger charge is -2.20. The van der Waals surface area contributed by atoms with Gasteiger partial charge in [0.1, 0.15) is 18.2 Å². The number of nitrogen functional groups attached to an aromatic ring is 1. The number of pyridine rings is 3. The number of ether oxygens (including phenoxy) is 3. The second kappa shape index (κ2) is 13.4. The number of hydrogen-bond acceptors (Lipinski definition) is 10. The molecule has 5 aromatic rings. The zero-order valence-corrected chi connectivity index (χ0v) is 26.1. The molecule has 0 radical (unpaired) electrons. The summed E-state index contributed by atoms with van der Waals surface area (Å²) in [4.78, 5) is 13.5. The Labute approximate surface area is 264 Å². The van der Waals surface area contributed by atoms with Gasteiger partial charge in [-0.15, -0.1) is 0 Å². The molecule has 0 aliphatic carbocycles. The van der Waals surface area contributed by atoms with E-state index in [1.807, 2.05) is 18.2 Å². The van der Waals surface area contributed by atoms with E-state index in [0.29, 0.717) is 61.7 Å². The third-order valence-corrected chi connectivity index (χ3v) is 8.39. The van der Waals surface area contributed by atoms with Crippen molar-refractivity contribution in [2.45, 2.75) is 12.5 Å². The van der Waals surface area contributed by atoms with E-state index < -0.39 is 15.9 Å². The van der Waals surface area contributed by atoms with Crippen molar-refractivity contribution in [2.24, 2.45) is 0 Å². The molecule has 0 amide bonds. The van der Waals surface area contributed by atoms with E-state index in [-0.39, 0.29) is 19.2 Å². The quantitative estimate of drug-likeness (QED) is 0.119. The Morgan fingerprint density at radius 1 is 0.955 bits per heavy atom. The second-order valence-electron chi connectivity index (χ2n) is 9.95. The number of nitrogens with one attached hydrogen (secondary N) is 1. The molecule has 2 aromatic carbocycles. The third kappa shape index (κ3) is 7.40. The molecule has 0 saturated carbocycles. The highest BCUT2D eigenvalue weighted by Gasteiger charge is 2.16. The number of anilines is 1. The SMILES string of the molecule is COc1cc2ncc3c(N)nc(-c4cncc(OCC(Cc5ccc(Cl)c(Cl)c5)NCCS(=O)(=O)O)c4)cc3c2cc1OC. The van der Waals surface area contributed by atoms with Crippen LogP contribution in [0.4, 0.5) is 5.82 Å². The van der Waals surface area contributed by atoms with Crippen LogP contribution in [0, 0.1) is 0 Å². The molecule has 0 spiro atoms. The Morgan fingerprint density at radius 3 is 2.45 bits per heavy atom. The minimum Gasteiger partial charge on any atom is -0.493 e. The number of benzene rings is 2. The van der Waals surface area contributed by atoms with Crippen LogP contribution in [-0.4, -0.2) is 67.1 Å². The monoisotopic (exact) mass is 657 g/mol. The van der Waals surface area contributed by atoms with E-state index in [0.717, 1.165) is 16.3 Å². The first kappa shape index (κ1) is 31.5. The molecule has 0 aliphatic heterocycles. The molecule has 11 nitrogen and oxygen atoms in total. The first-order chi connectivity index (χ1) is 21.0. The van der Waals surface area contributed by atoms with Gasteiger partial charge in [0.05, 0.1) is 47.4 Å². The van der Waals surface area contributed by atoms with Gasteiger partial charge in [0.25, 0.3) is 10.1 Å². The van der Waals surface area contributed by atoms with Crippen molar-refractivity contribution in [3.05, 3.63) is 76.7 Å². The number of rotatable bonds is 12. The van der Waals surface area contributed by atoms with Crippen LogP contribution in [0.3, 0.4) is 0 Å².